The van der Waals surface area contributed by atoms with Crippen molar-refractivity contribution in [2.75, 3.05) is 31.1 Å². The highest BCUT2D eigenvalue weighted by atomic mass is 16.2. The van der Waals surface area contributed by atoms with E-state index in [0.29, 0.717) is 0 Å². The van der Waals surface area contributed by atoms with Crippen LogP contribution >= 0.6 is 0 Å². The Balaban J connectivity index is 1.96. The molecule has 0 aliphatic carbocycles. The van der Waals surface area contributed by atoms with E-state index < -0.39 is 0 Å². The molecule has 0 aromatic carbocycles. The Bertz CT molecular complexity index is 425. The lowest BCUT2D eigenvalue weighted by atomic mass is 10.1. The van der Waals surface area contributed by atoms with E-state index in [2.05, 4.69) is 14.9 Å². The summed E-state index contributed by atoms with van der Waals surface area (Å²) in [4.78, 5) is 24.4. The van der Waals surface area contributed by atoms with Crippen molar-refractivity contribution in [1.29, 1.82) is 0 Å². The van der Waals surface area contributed by atoms with Crippen LogP contribution in [0.1, 0.15) is 19.5 Å². The minimum Gasteiger partial charge on any atom is -0.353 e. The van der Waals surface area contributed by atoms with Crippen molar-refractivity contribution in [3.63, 3.8) is 0 Å². The summed E-state index contributed by atoms with van der Waals surface area (Å²) in [6, 6.07) is 1.99. The monoisotopic (exact) mass is 248 g/mol. The molecule has 1 fully saturated rings. The molecule has 18 heavy (non-hydrogen) atoms. The molecule has 1 aromatic rings. The molecule has 2 rings (SSSR count). The molecule has 2 heterocycles. The van der Waals surface area contributed by atoms with Crippen LogP contribution in [0.5, 0.6) is 0 Å². The zero-order valence-corrected chi connectivity index (χ0v) is 11.3. The summed E-state index contributed by atoms with van der Waals surface area (Å²) in [6.07, 6.45) is 1.59. The number of aromatic nitrogens is 2. The fourth-order valence-corrected chi connectivity index (χ4v) is 2.13. The second-order valence-electron chi connectivity index (χ2n) is 4.98. The second-order valence-corrected chi connectivity index (χ2v) is 4.98. The molecule has 0 radical (unpaired) electrons. The van der Waals surface area contributed by atoms with Crippen molar-refractivity contribution in [3.8, 4) is 0 Å². The number of nitrogens with zero attached hydrogens (tertiary/aromatic N) is 4. The molecule has 5 heteroatoms. The van der Waals surface area contributed by atoms with Gasteiger partial charge >= 0.3 is 0 Å². The number of hydrogen-bond donors (Lipinski definition) is 0. The smallest absolute Gasteiger partial charge is 0.225 e. The van der Waals surface area contributed by atoms with Crippen molar-refractivity contribution in [1.82, 2.24) is 14.9 Å². The highest BCUT2D eigenvalue weighted by Gasteiger charge is 2.23. The maximum Gasteiger partial charge on any atom is 0.225 e. The number of aryl methyl sites for hydroxylation is 1. The van der Waals surface area contributed by atoms with Crippen LogP contribution in [0.4, 0.5) is 5.82 Å². The Morgan fingerprint density at radius 1 is 1.22 bits per heavy atom. The largest absolute Gasteiger partial charge is 0.353 e. The van der Waals surface area contributed by atoms with Gasteiger partial charge in [0.05, 0.1) is 0 Å². The molecule has 0 spiro atoms. The lowest BCUT2D eigenvalue weighted by Crippen LogP contribution is -2.50. The molecule has 0 unspecified atom stereocenters. The maximum atomic E-state index is 11.9. The summed E-state index contributed by atoms with van der Waals surface area (Å²) in [5.41, 5.74) is 0.973. The lowest BCUT2D eigenvalue weighted by molar-refractivity contribution is -0.134. The Morgan fingerprint density at radius 3 is 2.44 bits per heavy atom. The molecule has 0 atom stereocenters. The number of piperazine rings is 1. The van der Waals surface area contributed by atoms with Gasteiger partial charge in [0.1, 0.15) is 12.1 Å². The van der Waals surface area contributed by atoms with Crippen LogP contribution in [-0.2, 0) is 4.79 Å². The first kappa shape index (κ1) is 12.8. The molecular formula is C13H20N4O. The summed E-state index contributed by atoms with van der Waals surface area (Å²) in [5.74, 6) is 1.28. The fraction of sp³-hybridized carbons (Fsp3) is 0.615. The standard InChI is InChI=1S/C13H20N4O/c1-10(2)13(18)17-6-4-16(5-7-17)12-8-11(3)14-9-15-12/h8-10H,4-7H2,1-3H3. The molecule has 0 N–H and O–H groups in total. The van der Waals surface area contributed by atoms with Gasteiger partial charge in [-0.15, -0.1) is 0 Å². The minimum atomic E-state index is 0.0813. The van der Waals surface area contributed by atoms with Crippen LogP contribution in [0.15, 0.2) is 12.4 Å². The maximum absolute atomic E-state index is 11.9. The molecule has 1 saturated heterocycles. The lowest BCUT2D eigenvalue weighted by Gasteiger charge is -2.36. The van der Waals surface area contributed by atoms with Gasteiger partial charge in [0, 0.05) is 43.9 Å². The summed E-state index contributed by atoms with van der Waals surface area (Å²) in [7, 11) is 0. The Hall–Kier alpha value is -1.65. The summed E-state index contributed by atoms with van der Waals surface area (Å²) in [5, 5.41) is 0. The molecule has 0 bridgehead atoms. The predicted octanol–water partition coefficient (Wildman–Crippen LogP) is 1.09. The van der Waals surface area contributed by atoms with Gasteiger partial charge in [-0.3, -0.25) is 4.79 Å². The minimum absolute atomic E-state index is 0.0813. The van der Waals surface area contributed by atoms with E-state index in [1.165, 1.54) is 0 Å². The van der Waals surface area contributed by atoms with Crippen molar-refractivity contribution in [2.24, 2.45) is 5.92 Å². The van der Waals surface area contributed by atoms with Crippen molar-refractivity contribution < 1.29 is 4.79 Å². The Kier molecular flexibility index (Phi) is 3.79. The SMILES string of the molecule is Cc1cc(N2CCN(C(=O)C(C)C)CC2)ncn1. The van der Waals surface area contributed by atoms with E-state index in [1.807, 2.05) is 31.7 Å². The highest BCUT2D eigenvalue weighted by molar-refractivity contribution is 5.78. The van der Waals surface area contributed by atoms with Gasteiger partial charge in [0.25, 0.3) is 0 Å². The van der Waals surface area contributed by atoms with Crippen LogP contribution in [0.2, 0.25) is 0 Å². The third-order valence-electron chi connectivity index (χ3n) is 3.20. The van der Waals surface area contributed by atoms with E-state index in [-0.39, 0.29) is 11.8 Å². The second kappa shape index (κ2) is 5.33. The number of carbonyl (C=O) groups excluding carboxylic acids is 1. The molecule has 5 nitrogen and oxygen atoms in total. The van der Waals surface area contributed by atoms with Crippen LogP contribution in [0.3, 0.4) is 0 Å². The number of anilines is 1. The van der Waals surface area contributed by atoms with Gasteiger partial charge in [-0.25, -0.2) is 9.97 Å². The first-order chi connectivity index (χ1) is 8.58. The zero-order chi connectivity index (χ0) is 13.1. The molecule has 1 amide bonds. The molecule has 1 aromatic heterocycles. The molecule has 0 saturated carbocycles. The first-order valence-corrected chi connectivity index (χ1v) is 6.40. The average Bonchev–Trinajstić information content (AvgIpc) is 2.38. The van der Waals surface area contributed by atoms with E-state index in [1.54, 1.807) is 6.33 Å². The third kappa shape index (κ3) is 2.78. The van der Waals surface area contributed by atoms with Crippen molar-refractivity contribution in [3.05, 3.63) is 18.1 Å². The zero-order valence-electron chi connectivity index (χ0n) is 11.3. The van der Waals surface area contributed by atoms with Crippen molar-refractivity contribution >= 4 is 11.7 Å². The fourth-order valence-electron chi connectivity index (χ4n) is 2.13. The van der Waals surface area contributed by atoms with Crippen LogP contribution in [0.25, 0.3) is 0 Å². The molecule has 98 valence electrons. The van der Waals surface area contributed by atoms with E-state index in [9.17, 15) is 4.79 Å². The first-order valence-electron chi connectivity index (χ1n) is 6.40. The topological polar surface area (TPSA) is 49.3 Å². The van der Waals surface area contributed by atoms with E-state index in [4.69, 9.17) is 0 Å². The van der Waals surface area contributed by atoms with Gasteiger partial charge < -0.3 is 9.80 Å². The van der Waals surface area contributed by atoms with Gasteiger partial charge in [-0.2, -0.15) is 0 Å². The number of amides is 1. The molecular weight excluding hydrogens is 228 g/mol. The summed E-state index contributed by atoms with van der Waals surface area (Å²) < 4.78 is 0. The van der Waals surface area contributed by atoms with E-state index >= 15 is 0 Å². The van der Waals surface area contributed by atoms with Gasteiger partial charge in [-0.1, -0.05) is 13.8 Å². The molecule has 1 aliphatic heterocycles. The van der Waals surface area contributed by atoms with Crippen molar-refractivity contribution in [2.45, 2.75) is 20.8 Å². The van der Waals surface area contributed by atoms with Crippen LogP contribution in [0, 0.1) is 12.8 Å². The Morgan fingerprint density at radius 2 is 1.89 bits per heavy atom. The predicted molar refractivity (Wildman–Crippen MR) is 70.4 cm³/mol. The number of hydrogen-bond acceptors (Lipinski definition) is 4. The highest BCUT2D eigenvalue weighted by Crippen LogP contribution is 2.14. The van der Waals surface area contributed by atoms with Crippen LogP contribution in [-0.4, -0.2) is 47.0 Å². The van der Waals surface area contributed by atoms with Gasteiger partial charge in [-0.05, 0) is 6.92 Å². The average molecular weight is 248 g/mol. The van der Waals surface area contributed by atoms with E-state index in [0.717, 1.165) is 37.7 Å². The summed E-state index contributed by atoms with van der Waals surface area (Å²) >= 11 is 0. The van der Waals surface area contributed by atoms with Gasteiger partial charge in [0.2, 0.25) is 5.91 Å². The third-order valence-corrected chi connectivity index (χ3v) is 3.20. The normalized spacial score (nSPS) is 16.2. The Labute approximate surface area is 108 Å². The quantitative estimate of drug-likeness (QED) is 0.786. The number of carbonyl (C=O) groups is 1. The molecule has 1 aliphatic rings. The summed E-state index contributed by atoms with van der Waals surface area (Å²) in [6.45, 7) is 9.10. The number of rotatable bonds is 2. The van der Waals surface area contributed by atoms with Gasteiger partial charge in [0.15, 0.2) is 0 Å². The van der Waals surface area contributed by atoms with Crippen LogP contribution < -0.4 is 4.90 Å².